The largest absolute Gasteiger partial charge is 0.493 e. The molecule has 0 aliphatic rings. The van der Waals surface area contributed by atoms with Crippen molar-refractivity contribution in [3.8, 4) is 5.75 Å². The Morgan fingerprint density at radius 1 is 1.50 bits per heavy atom. The molecule has 0 saturated heterocycles. The molecule has 0 unspecified atom stereocenters. The van der Waals surface area contributed by atoms with Crippen molar-refractivity contribution in [2.75, 3.05) is 6.61 Å². The van der Waals surface area contributed by atoms with Crippen LogP contribution in [0.1, 0.15) is 12.5 Å². The first-order chi connectivity index (χ1) is 5.75. The lowest BCUT2D eigenvalue weighted by atomic mass is 10.2. The van der Waals surface area contributed by atoms with Crippen LogP contribution in [0.3, 0.4) is 0 Å². The standard InChI is InChI=1S/C9H12N2O/c1-2-12-8-6-4-3-5-7(8)9(10)11/h3-6H,2H2,1H3,(H3,10,11)/p+1. The lowest BCUT2D eigenvalue weighted by Crippen LogP contribution is -2.46. The SMILES string of the molecule is CCOc1ccccc1C(N)=[NH2+]. The second-order valence-corrected chi connectivity index (χ2v) is 2.38. The summed E-state index contributed by atoms with van der Waals surface area (Å²) in [7, 11) is 0. The summed E-state index contributed by atoms with van der Waals surface area (Å²) in [6.45, 7) is 2.54. The number of para-hydroxylation sites is 1. The highest BCUT2D eigenvalue weighted by atomic mass is 16.5. The van der Waals surface area contributed by atoms with Gasteiger partial charge in [0.15, 0.2) is 0 Å². The highest BCUT2D eigenvalue weighted by Crippen LogP contribution is 2.15. The van der Waals surface area contributed by atoms with Crippen LogP contribution in [0.4, 0.5) is 0 Å². The second-order valence-electron chi connectivity index (χ2n) is 2.38. The highest BCUT2D eigenvalue weighted by molar-refractivity contribution is 5.95. The van der Waals surface area contributed by atoms with Crippen LogP contribution >= 0.6 is 0 Å². The molecule has 0 bridgehead atoms. The van der Waals surface area contributed by atoms with Gasteiger partial charge in [0, 0.05) is 0 Å². The zero-order chi connectivity index (χ0) is 8.97. The van der Waals surface area contributed by atoms with E-state index < -0.39 is 0 Å². The molecule has 4 N–H and O–H groups in total. The molecule has 64 valence electrons. The van der Waals surface area contributed by atoms with Gasteiger partial charge in [-0.05, 0) is 19.1 Å². The topological polar surface area (TPSA) is 60.8 Å². The minimum absolute atomic E-state index is 0.291. The Hall–Kier alpha value is -1.51. The third-order valence-electron chi connectivity index (χ3n) is 1.50. The number of amidine groups is 1. The van der Waals surface area contributed by atoms with E-state index in [1.54, 1.807) is 0 Å². The first kappa shape index (κ1) is 8.59. The number of ether oxygens (including phenoxy) is 1. The Morgan fingerprint density at radius 3 is 2.75 bits per heavy atom. The van der Waals surface area contributed by atoms with Crippen LogP contribution in [0, 0.1) is 0 Å². The minimum Gasteiger partial charge on any atom is -0.493 e. The van der Waals surface area contributed by atoms with Gasteiger partial charge in [-0.1, -0.05) is 12.1 Å². The monoisotopic (exact) mass is 165 g/mol. The molecular weight excluding hydrogens is 152 g/mol. The van der Waals surface area contributed by atoms with Crippen molar-refractivity contribution in [1.82, 2.24) is 0 Å². The van der Waals surface area contributed by atoms with Gasteiger partial charge < -0.3 is 4.74 Å². The van der Waals surface area contributed by atoms with Gasteiger partial charge in [0.05, 0.1) is 6.61 Å². The van der Waals surface area contributed by atoms with Crippen molar-refractivity contribution in [2.24, 2.45) is 5.73 Å². The van der Waals surface area contributed by atoms with E-state index in [1.165, 1.54) is 0 Å². The zero-order valence-corrected chi connectivity index (χ0v) is 7.08. The molecule has 0 fully saturated rings. The van der Waals surface area contributed by atoms with E-state index in [-0.39, 0.29) is 0 Å². The van der Waals surface area contributed by atoms with Crippen molar-refractivity contribution < 1.29 is 10.1 Å². The fraction of sp³-hybridized carbons (Fsp3) is 0.222. The highest BCUT2D eigenvalue weighted by Gasteiger charge is 2.07. The molecule has 0 heterocycles. The third kappa shape index (κ3) is 1.75. The van der Waals surface area contributed by atoms with Gasteiger partial charge in [0.25, 0.3) is 5.84 Å². The quantitative estimate of drug-likeness (QED) is 0.470. The van der Waals surface area contributed by atoms with Crippen molar-refractivity contribution in [3.05, 3.63) is 29.8 Å². The maximum absolute atomic E-state index is 5.46. The molecule has 3 nitrogen and oxygen atoms in total. The Morgan fingerprint density at radius 2 is 2.17 bits per heavy atom. The molecular formula is C9H13N2O+. The summed E-state index contributed by atoms with van der Waals surface area (Å²) in [5.74, 6) is 1.03. The fourth-order valence-corrected chi connectivity index (χ4v) is 0.986. The van der Waals surface area contributed by atoms with Gasteiger partial charge in [0.2, 0.25) is 0 Å². The van der Waals surface area contributed by atoms with Gasteiger partial charge >= 0.3 is 0 Å². The third-order valence-corrected chi connectivity index (χ3v) is 1.50. The van der Waals surface area contributed by atoms with Crippen LogP contribution < -0.4 is 15.9 Å². The van der Waals surface area contributed by atoms with E-state index in [9.17, 15) is 0 Å². The molecule has 0 aromatic heterocycles. The molecule has 0 amide bonds. The van der Waals surface area contributed by atoms with Gasteiger partial charge in [-0.3, -0.25) is 11.1 Å². The molecule has 1 aromatic carbocycles. The summed E-state index contributed by atoms with van der Waals surface area (Å²) in [5.41, 5.74) is 6.22. The number of hydrogen-bond donors (Lipinski definition) is 2. The lowest BCUT2D eigenvalue weighted by Gasteiger charge is -2.05. The van der Waals surface area contributed by atoms with E-state index in [0.29, 0.717) is 12.4 Å². The van der Waals surface area contributed by atoms with Gasteiger partial charge in [-0.15, -0.1) is 0 Å². The smallest absolute Gasteiger partial charge is 0.274 e. The minimum atomic E-state index is 0.291. The van der Waals surface area contributed by atoms with Crippen molar-refractivity contribution in [3.63, 3.8) is 0 Å². The van der Waals surface area contributed by atoms with Crippen molar-refractivity contribution >= 4 is 5.84 Å². The molecule has 3 heteroatoms. The summed E-state index contributed by atoms with van der Waals surface area (Å²) in [4.78, 5) is 0. The maximum Gasteiger partial charge on any atom is 0.274 e. The van der Waals surface area contributed by atoms with Crippen LogP contribution in [0.5, 0.6) is 5.75 Å². The Balaban J connectivity index is 3.00. The second kappa shape index (κ2) is 3.76. The van der Waals surface area contributed by atoms with Gasteiger partial charge in [-0.2, -0.15) is 0 Å². The summed E-state index contributed by atoms with van der Waals surface area (Å²) < 4.78 is 5.32. The van der Waals surface area contributed by atoms with Crippen molar-refractivity contribution in [1.29, 1.82) is 0 Å². The van der Waals surface area contributed by atoms with Crippen LogP contribution in [-0.4, -0.2) is 12.4 Å². The molecule has 1 rings (SSSR count). The molecule has 1 aromatic rings. The zero-order valence-electron chi connectivity index (χ0n) is 7.08. The number of rotatable bonds is 3. The predicted molar refractivity (Wildman–Crippen MR) is 47.8 cm³/mol. The Kier molecular flexibility index (Phi) is 2.69. The van der Waals surface area contributed by atoms with E-state index in [0.717, 1.165) is 11.3 Å². The van der Waals surface area contributed by atoms with Gasteiger partial charge in [-0.25, -0.2) is 0 Å². The van der Waals surface area contributed by atoms with Crippen LogP contribution in [-0.2, 0) is 0 Å². The van der Waals surface area contributed by atoms with Crippen LogP contribution in [0.15, 0.2) is 24.3 Å². The van der Waals surface area contributed by atoms with Gasteiger partial charge in [0.1, 0.15) is 11.3 Å². The van der Waals surface area contributed by atoms with E-state index in [2.05, 4.69) is 0 Å². The summed E-state index contributed by atoms with van der Waals surface area (Å²) in [5, 5.41) is 5.46. The molecule has 0 aliphatic carbocycles. The van der Waals surface area contributed by atoms with E-state index in [1.807, 2.05) is 31.2 Å². The average Bonchev–Trinajstić information content (AvgIpc) is 2.05. The first-order valence-electron chi connectivity index (χ1n) is 3.85. The van der Waals surface area contributed by atoms with Crippen LogP contribution in [0.2, 0.25) is 0 Å². The molecule has 0 spiro atoms. The Bertz CT molecular complexity index is 284. The summed E-state index contributed by atoms with van der Waals surface area (Å²) in [6.07, 6.45) is 0. The number of hydrogen-bond acceptors (Lipinski definition) is 1. The van der Waals surface area contributed by atoms with E-state index in [4.69, 9.17) is 15.9 Å². The summed E-state index contributed by atoms with van der Waals surface area (Å²) >= 11 is 0. The number of nitrogens with two attached hydrogens (primary N) is 2. The molecule has 0 saturated carbocycles. The average molecular weight is 165 g/mol. The maximum atomic E-state index is 5.46. The molecule has 12 heavy (non-hydrogen) atoms. The molecule has 0 atom stereocenters. The number of benzene rings is 1. The summed E-state index contributed by atoms with van der Waals surface area (Å²) in [6, 6.07) is 7.44. The van der Waals surface area contributed by atoms with Crippen LogP contribution in [0.25, 0.3) is 0 Å². The first-order valence-corrected chi connectivity index (χ1v) is 3.85. The fourth-order valence-electron chi connectivity index (χ4n) is 0.986. The van der Waals surface area contributed by atoms with E-state index >= 15 is 0 Å². The van der Waals surface area contributed by atoms with Crippen molar-refractivity contribution in [2.45, 2.75) is 6.92 Å². The normalized spacial score (nSPS) is 9.42. The molecule has 0 aliphatic heterocycles. The lowest BCUT2D eigenvalue weighted by molar-refractivity contribution is -0.114. The predicted octanol–water partition coefficient (Wildman–Crippen LogP) is -0.450. The molecule has 0 radical (unpaired) electrons. The Labute approximate surface area is 71.7 Å².